The smallest absolute Gasteiger partial charge is 0.270 e. The van der Waals surface area contributed by atoms with Crippen molar-refractivity contribution in [3.05, 3.63) is 35.3 Å². The second-order valence-electron chi connectivity index (χ2n) is 5.90. The van der Waals surface area contributed by atoms with Crippen LogP contribution in [0.15, 0.2) is 29.6 Å². The lowest BCUT2D eigenvalue weighted by molar-refractivity contribution is 0.0946. The molecule has 2 N–H and O–H groups in total. The summed E-state index contributed by atoms with van der Waals surface area (Å²) in [5.74, 6) is 0.697. The lowest BCUT2D eigenvalue weighted by Crippen LogP contribution is -2.38. The highest BCUT2D eigenvalue weighted by atomic mass is 32.1. The van der Waals surface area contributed by atoms with E-state index in [4.69, 9.17) is 4.74 Å². The first-order valence-electron chi connectivity index (χ1n) is 8.23. The summed E-state index contributed by atoms with van der Waals surface area (Å²) in [6.07, 6.45) is 0.149. The molecule has 1 atom stereocenters. The molecule has 1 aromatic carbocycles. The van der Waals surface area contributed by atoms with Gasteiger partial charge in [0.15, 0.2) is 0 Å². The Labute approximate surface area is 147 Å². The lowest BCUT2D eigenvalue weighted by atomic mass is 10.2. The van der Waals surface area contributed by atoms with Crippen molar-refractivity contribution >= 4 is 17.2 Å². The number of nitrogens with one attached hydrogen (secondary N) is 2. The molecule has 5 nitrogen and oxygen atoms in total. The fourth-order valence-electron chi connectivity index (χ4n) is 2.22. The molecule has 2 aromatic rings. The second-order valence-corrected chi connectivity index (χ2v) is 6.76. The summed E-state index contributed by atoms with van der Waals surface area (Å²) in [5, 5.41) is 8.78. The van der Waals surface area contributed by atoms with Gasteiger partial charge in [0.2, 0.25) is 0 Å². The molecule has 0 aliphatic heterocycles. The van der Waals surface area contributed by atoms with E-state index < -0.39 is 0 Å². The number of carbonyl (C=O) groups is 1. The third-order valence-corrected chi connectivity index (χ3v) is 4.22. The lowest BCUT2D eigenvalue weighted by Gasteiger charge is -2.12. The summed E-state index contributed by atoms with van der Waals surface area (Å²) in [5.41, 5.74) is 1.44. The summed E-state index contributed by atoms with van der Waals surface area (Å²) in [7, 11) is 0. The maximum absolute atomic E-state index is 12.2. The van der Waals surface area contributed by atoms with Gasteiger partial charge in [0.1, 0.15) is 16.5 Å². The third-order valence-electron chi connectivity index (χ3n) is 3.33. The monoisotopic (exact) mass is 347 g/mol. The molecule has 1 amide bonds. The van der Waals surface area contributed by atoms with Crippen LogP contribution in [0.25, 0.3) is 10.6 Å². The average Bonchev–Trinajstić information content (AvgIpc) is 3.03. The molecule has 0 fully saturated rings. The molecule has 6 heteroatoms. The number of hydrogen-bond donors (Lipinski definition) is 2. The van der Waals surface area contributed by atoms with E-state index in [2.05, 4.69) is 15.6 Å². The summed E-state index contributed by atoms with van der Waals surface area (Å²) < 4.78 is 5.64. The van der Waals surface area contributed by atoms with Gasteiger partial charge >= 0.3 is 0 Å². The number of thiazole rings is 1. The molecule has 1 heterocycles. The van der Waals surface area contributed by atoms with E-state index in [1.54, 1.807) is 5.38 Å². The van der Waals surface area contributed by atoms with Crippen LogP contribution in [-0.4, -0.2) is 36.1 Å². The summed E-state index contributed by atoms with van der Waals surface area (Å²) >= 11 is 1.47. The molecular formula is C18H25N3O2S. The number of aromatic nitrogens is 1. The third kappa shape index (κ3) is 5.32. The number of amides is 1. The highest BCUT2D eigenvalue weighted by molar-refractivity contribution is 7.13. The molecule has 2 rings (SSSR count). The van der Waals surface area contributed by atoms with Crippen molar-refractivity contribution in [1.29, 1.82) is 0 Å². The van der Waals surface area contributed by atoms with E-state index in [1.165, 1.54) is 11.3 Å². The van der Waals surface area contributed by atoms with Gasteiger partial charge in [0, 0.05) is 23.5 Å². The average molecular weight is 347 g/mol. The Balaban J connectivity index is 1.98. The van der Waals surface area contributed by atoms with Crippen LogP contribution in [0.4, 0.5) is 0 Å². The number of nitrogens with zero attached hydrogens (tertiary/aromatic N) is 1. The van der Waals surface area contributed by atoms with E-state index >= 15 is 0 Å². The van der Waals surface area contributed by atoms with Gasteiger partial charge in [0.05, 0.1) is 6.10 Å². The van der Waals surface area contributed by atoms with Crippen molar-refractivity contribution in [1.82, 2.24) is 15.6 Å². The molecular weight excluding hydrogens is 322 g/mol. The molecule has 0 saturated heterocycles. The fraction of sp³-hybridized carbons (Fsp3) is 0.444. The first kappa shape index (κ1) is 18.4. The van der Waals surface area contributed by atoms with Crippen LogP contribution in [0.5, 0.6) is 5.75 Å². The second kappa shape index (κ2) is 8.80. The Hall–Kier alpha value is -1.92. The number of ether oxygens (including phenoxy) is 1. The minimum atomic E-state index is -0.137. The minimum absolute atomic E-state index is 0.137. The van der Waals surface area contributed by atoms with Crippen LogP contribution < -0.4 is 15.4 Å². The highest BCUT2D eigenvalue weighted by Crippen LogP contribution is 2.26. The van der Waals surface area contributed by atoms with E-state index in [0.717, 1.165) is 22.9 Å². The van der Waals surface area contributed by atoms with Crippen molar-refractivity contribution in [2.24, 2.45) is 0 Å². The predicted octanol–water partition coefficient (Wildman–Crippen LogP) is 3.33. The normalized spacial score (nSPS) is 12.2. The zero-order chi connectivity index (χ0) is 17.5. The van der Waals surface area contributed by atoms with Crippen molar-refractivity contribution < 1.29 is 9.53 Å². The first-order valence-corrected chi connectivity index (χ1v) is 9.11. The molecule has 0 unspecified atom stereocenters. The standard InChI is InChI=1S/C18H25N3O2S/c1-5-19-13(4)10-20-17(22)16-11-24-18(21-16)14-6-8-15(9-7-14)23-12(2)3/h6-9,11-13,19H,5,10H2,1-4H3,(H,20,22)/t13-/m1/s1. The first-order chi connectivity index (χ1) is 11.5. The quantitative estimate of drug-likeness (QED) is 0.769. The Morgan fingerprint density at radius 3 is 2.58 bits per heavy atom. The van der Waals surface area contributed by atoms with Crippen molar-refractivity contribution in [2.75, 3.05) is 13.1 Å². The Morgan fingerprint density at radius 1 is 1.25 bits per heavy atom. The number of carbonyl (C=O) groups excluding carboxylic acids is 1. The maximum Gasteiger partial charge on any atom is 0.270 e. The summed E-state index contributed by atoms with van der Waals surface area (Å²) in [6, 6.07) is 8.02. The molecule has 0 radical (unpaired) electrons. The molecule has 24 heavy (non-hydrogen) atoms. The Morgan fingerprint density at radius 2 is 1.96 bits per heavy atom. The Bertz CT molecular complexity index is 653. The van der Waals surface area contributed by atoms with Crippen LogP contribution in [0.3, 0.4) is 0 Å². The van der Waals surface area contributed by atoms with Crippen LogP contribution in [0.1, 0.15) is 38.2 Å². The van der Waals surface area contributed by atoms with Crippen LogP contribution in [0, 0.1) is 0 Å². The molecule has 1 aromatic heterocycles. The van der Waals surface area contributed by atoms with E-state index in [9.17, 15) is 4.79 Å². The van der Waals surface area contributed by atoms with E-state index in [-0.39, 0.29) is 18.1 Å². The topological polar surface area (TPSA) is 63.2 Å². The van der Waals surface area contributed by atoms with Gasteiger partial charge in [0.25, 0.3) is 5.91 Å². The van der Waals surface area contributed by atoms with Crippen molar-refractivity contribution in [2.45, 2.75) is 39.8 Å². The van der Waals surface area contributed by atoms with Gasteiger partial charge in [-0.1, -0.05) is 6.92 Å². The number of hydrogen-bond acceptors (Lipinski definition) is 5. The zero-order valence-electron chi connectivity index (χ0n) is 14.6. The zero-order valence-corrected chi connectivity index (χ0v) is 15.4. The van der Waals surface area contributed by atoms with Crippen LogP contribution >= 0.6 is 11.3 Å². The number of rotatable bonds is 8. The van der Waals surface area contributed by atoms with Crippen molar-refractivity contribution in [3.63, 3.8) is 0 Å². The fourth-order valence-corrected chi connectivity index (χ4v) is 3.02. The summed E-state index contributed by atoms with van der Waals surface area (Å²) in [6.45, 7) is 9.54. The van der Waals surface area contributed by atoms with Gasteiger partial charge in [-0.25, -0.2) is 4.98 Å². The van der Waals surface area contributed by atoms with Gasteiger partial charge < -0.3 is 15.4 Å². The molecule has 130 valence electrons. The number of benzene rings is 1. The molecule has 0 aliphatic carbocycles. The van der Waals surface area contributed by atoms with Gasteiger partial charge in [-0.05, 0) is 51.6 Å². The van der Waals surface area contributed by atoms with E-state index in [0.29, 0.717) is 12.2 Å². The van der Waals surface area contributed by atoms with Gasteiger partial charge in [-0.3, -0.25) is 4.79 Å². The highest BCUT2D eigenvalue weighted by Gasteiger charge is 2.12. The molecule has 0 bridgehead atoms. The number of likely N-dealkylation sites (N-methyl/N-ethyl adjacent to an activating group) is 1. The Kier molecular flexibility index (Phi) is 6.75. The maximum atomic E-state index is 12.2. The molecule has 0 saturated carbocycles. The predicted molar refractivity (Wildman–Crippen MR) is 98.8 cm³/mol. The van der Waals surface area contributed by atoms with Gasteiger partial charge in [-0.15, -0.1) is 11.3 Å². The minimum Gasteiger partial charge on any atom is -0.491 e. The molecule has 0 spiro atoms. The molecule has 0 aliphatic rings. The SMILES string of the molecule is CCN[C@H](C)CNC(=O)c1csc(-c2ccc(OC(C)C)cc2)n1. The van der Waals surface area contributed by atoms with E-state index in [1.807, 2.05) is 52.0 Å². The van der Waals surface area contributed by atoms with Gasteiger partial charge in [-0.2, -0.15) is 0 Å². The van der Waals surface area contributed by atoms with Crippen LogP contribution in [0.2, 0.25) is 0 Å². The summed E-state index contributed by atoms with van der Waals surface area (Å²) in [4.78, 5) is 16.6. The van der Waals surface area contributed by atoms with Crippen molar-refractivity contribution in [3.8, 4) is 16.3 Å². The largest absolute Gasteiger partial charge is 0.491 e. The van der Waals surface area contributed by atoms with Crippen LogP contribution in [-0.2, 0) is 0 Å².